The topological polar surface area (TPSA) is 51.8 Å². The number of halogens is 2. The van der Waals surface area contributed by atoms with E-state index < -0.39 is 0 Å². The quantitative estimate of drug-likeness (QED) is 0.842. The first kappa shape index (κ1) is 13.0. The van der Waals surface area contributed by atoms with E-state index >= 15 is 0 Å². The monoisotopic (exact) mass is 375 g/mol. The Labute approximate surface area is 121 Å². The molecule has 0 aromatic carbocycles. The van der Waals surface area contributed by atoms with Gasteiger partial charge in [0.05, 0.1) is 15.0 Å². The number of anilines is 1. The summed E-state index contributed by atoms with van der Waals surface area (Å²) in [6, 6.07) is 2.00. The van der Waals surface area contributed by atoms with Crippen molar-refractivity contribution >= 4 is 49.0 Å². The van der Waals surface area contributed by atoms with Gasteiger partial charge in [-0.05, 0) is 43.8 Å². The molecule has 0 radical (unpaired) electrons. The second-order valence-electron chi connectivity index (χ2n) is 3.92. The maximum absolute atomic E-state index is 5.90. The van der Waals surface area contributed by atoms with Crippen molar-refractivity contribution < 1.29 is 0 Å². The van der Waals surface area contributed by atoms with Gasteiger partial charge >= 0.3 is 0 Å². The molecule has 6 heteroatoms. The van der Waals surface area contributed by atoms with E-state index in [1.54, 1.807) is 11.3 Å². The van der Waals surface area contributed by atoms with Crippen molar-refractivity contribution in [3.8, 4) is 10.7 Å². The minimum Gasteiger partial charge on any atom is -0.383 e. The van der Waals surface area contributed by atoms with Crippen LogP contribution in [0.4, 0.5) is 5.82 Å². The highest BCUT2D eigenvalue weighted by Gasteiger charge is 2.14. The van der Waals surface area contributed by atoms with Gasteiger partial charge in [0, 0.05) is 9.85 Å². The summed E-state index contributed by atoms with van der Waals surface area (Å²) in [5.74, 6) is 1.48. The summed E-state index contributed by atoms with van der Waals surface area (Å²) in [6.07, 6.45) is 0. The number of hydrogen-bond acceptors (Lipinski definition) is 4. The Bertz CT molecular complexity index is 552. The van der Waals surface area contributed by atoms with Crippen LogP contribution in [-0.4, -0.2) is 9.97 Å². The van der Waals surface area contributed by atoms with Crippen LogP contribution in [0.2, 0.25) is 0 Å². The summed E-state index contributed by atoms with van der Waals surface area (Å²) in [6.45, 7) is 4.17. The first-order chi connectivity index (χ1) is 7.99. The molecule has 0 aliphatic rings. The fourth-order valence-electron chi connectivity index (χ4n) is 1.41. The van der Waals surface area contributed by atoms with Gasteiger partial charge in [-0.3, -0.25) is 0 Å². The smallest absolute Gasteiger partial charge is 0.171 e. The molecule has 0 aliphatic heterocycles. The molecule has 2 aromatic heterocycles. The molecule has 2 N–H and O–H groups in total. The molecule has 90 valence electrons. The first-order valence-electron chi connectivity index (χ1n) is 5.06. The first-order valence-corrected chi connectivity index (χ1v) is 7.53. The maximum Gasteiger partial charge on any atom is 0.171 e. The lowest BCUT2D eigenvalue weighted by Gasteiger charge is -2.10. The molecule has 0 atom stereocenters. The van der Waals surface area contributed by atoms with Crippen LogP contribution in [0.1, 0.15) is 25.5 Å². The summed E-state index contributed by atoms with van der Waals surface area (Å²) in [7, 11) is 0. The van der Waals surface area contributed by atoms with Gasteiger partial charge in [0.1, 0.15) is 5.82 Å². The lowest BCUT2D eigenvalue weighted by Crippen LogP contribution is -2.03. The van der Waals surface area contributed by atoms with Crippen molar-refractivity contribution in [3.63, 3.8) is 0 Å². The van der Waals surface area contributed by atoms with Crippen LogP contribution < -0.4 is 5.73 Å². The average Bonchev–Trinajstić information content (AvgIpc) is 2.68. The van der Waals surface area contributed by atoms with Gasteiger partial charge in [-0.15, -0.1) is 11.3 Å². The number of nitrogen functional groups attached to an aromatic ring is 1. The van der Waals surface area contributed by atoms with E-state index in [1.165, 1.54) is 0 Å². The Morgan fingerprint density at radius 3 is 2.53 bits per heavy atom. The zero-order valence-corrected chi connectivity index (χ0v) is 13.4. The zero-order valence-electron chi connectivity index (χ0n) is 9.37. The molecule has 17 heavy (non-hydrogen) atoms. The van der Waals surface area contributed by atoms with Crippen molar-refractivity contribution in [2.24, 2.45) is 0 Å². The van der Waals surface area contributed by atoms with Gasteiger partial charge in [-0.2, -0.15) is 0 Å². The van der Waals surface area contributed by atoms with E-state index in [0.717, 1.165) is 19.5 Å². The van der Waals surface area contributed by atoms with Crippen LogP contribution in [-0.2, 0) is 0 Å². The van der Waals surface area contributed by atoms with E-state index in [1.807, 2.05) is 11.4 Å². The normalized spacial score (nSPS) is 11.1. The zero-order chi connectivity index (χ0) is 12.6. The Balaban J connectivity index is 2.56. The summed E-state index contributed by atoms with van der Waals surface area (Å²) < 4.78 is 1.83. The van der Waals surface area contributed by atoms with Crippen LogP contribution in [0.15, 0.2) is 20.4 Å². The SMILES string of the molecule is CC(C)c1nc(-c2cc(Br)cs2)nc(N)c1Br. The van der Waals surface area contributed by atoms with Gasteiger partial charge in [0.25, 0.3) is 0 Å². The molecule has 0 bridgehead atoms. The van der Waals surface area contributed by atoms with Crippen LogP contribution in [0.3, 0.4) is 0 Å². The molecule has 0 spiro atoms. The molecule has 0 aliphatic carbocycles. The third-order valence-electron chi connectivity index (χ3n) is 2.24. The van der Waals surface area contributed by atoms with Crippen molar-refractivity contribution in [2.45, 2.75) is 19.8 Å². The fourth-order valence-corrected chi connectivity index (χ4v) is 3.40. The largest absolute Gasteiger partial charge is 0.383 e. The summed E-state index contributed by atoms with van der Waals surface area (Å²) >= 11 is 8.46. The minimum absolute atomic E-state index is 0.303. The standard InChI is InChI=1S/C11H11Br2N3S/c1-5(2)9-8(13)10(14)16-11(15-9)7-3-6(12)4-17-7/h3-5H,1-2H3,(H2,14,15,16). The Kier molecular flexibility index (Phi) is 3.85. The third kappa shape index (κ3) is 2.69. The molecule has 0 saturated carbocycles. The fraction of sp³-hybridized carbons (Fsp3) is 0.273. The molecule has 2 aromatic rings. The van der Waals surface area contributed by atoms with Crippen LogP contribution >= 0.6 is 43.2 Å². The number of hydrogen-bond donors (Lipinski definition) is 1. The Hall–Kier alpha value is -0.460. The lowest BCUT2D eigenvalue weighted by molar-refractivity contribution is 0.811. The summed E-state index contributed by atoms with van der Waals surface area (Å²) in [4.78, 5) is 9.89. The van der Waals surface area contributed by atoms with E-state index in [4.69, 9.17) is 5.73 Å². The maximum atomic E-state index is 5.90. The van der Waals surface area contributed by atoms with E-state index in [2.05, 4.69) is 55.7 Å². The molecule has 0 saturated heterocycles. The molecule has 2 rings (SSSR count). The van der Waals surface area contributed by atoms with Gasteiger partial charge in [-0.1, -0.05) is 13.8 Å². The number of thiophene rings is 1. The van der Waals surface area contributed by atoms with Crippen LogP contribution in [0.5, 0.6) is 0 Å². The molecule has 2 heterocycles. The predicted octanol–water partition coefficient (Wildman–Crippen LogP) is 4.44. The lowest BCUT2D eigenvalue weighted by atomic mass is 10.1. The molecular weight excluding hydrogens is 366 g/mol. The average molecular weight is 377 g/mol. The van der Waals surface area contributed by atoms with Crippen molar-refractivity contribution in [2.75, 3.05) is 5.73 Å². The molecule has 0 fully saturated rings. The number of nitrogens with zero attached hydrogens (tertiary/aromatic N) is 2. The number of rotatable bonds is 2. The van der Waals surface area contributed by atoms with Gasteiger partial charge < -0.3 is 5.73 Å². The summed E-state index contributed by atoms with van der Waals surface area (Å²) in [5, 5.41) is 2.01. The number of nitrogens with two attached hydrogens (primary N) is 1. The van der Waals surface area contributed by atoms with Crippen molar-refractivity contribution in [1.29, 1.82) is 0 Å². The second kappa shape index (κ2) is 5.04. The van der Waals surface area contributed by atoms with Crippen LogP contribution in [0.25, 0.3) is 10.7 Å². The second-order valence-corrected chi connectivity index (χ2v) is 6.54. The number of aromatic nitrogens is 2. The Morgan fingerprint density at radius 2 is 2.00 bits per heavy atom. The van der Waals surface area contributed by atoms with Gasteiger partial charge in [0.2, 0.25) is 0 Å². The summed E-state index contributed by atoms with van der Waals surface area (Å²) in [5.41, 5.74) is 6.84. The molecular formula is C11H11Br2N3S. The highest BCUT2D eigenvalue weighted by Crippen LogP contribution is 2.32. The van der Waals surface area contributed by atoms with Crippen molar-refractivity contribution in [1.82, 2.24) is 9.97 Å². The predicted molar refractivity (Wildman–Crippen MR) is 79.2 cm³/mol. The van der Waals surface area contributed by atoms with Crippen molar-refractivity contribution in [3.05, 3.63) is 26.1 Å². The molecule has 0 unspecified atom stereocenters. The Morgan fingerprint density at radius 1 is 1.29 bits per heavy atom. The van der Waals surface area contributed by atoms with E-state index in [-0.39, 0.29) is 0 Å². The molecule has 3 nitrogen and oxygen atoms in total. The van der Waals surface area contributed by atoms with Gasteiger partial charge in [-0.25, -0.2) is 9.97 Å². The van der Waals surface area contributed by atoms with Gasteiger partial charge in [0.15, 0.2) is 5.82 Å². The van der Waals surface area contributed by atoms with E-state index in [9.17, 15) is 0 Å². The van der Waals surface area contributed by atoms with E-state index in [0.29, 0.717) is 17.6 Å². The highest BCUT2D eigenvalue weighted by atomic mass is 79.9. The highest BCUT2D eigenvalue weighted by molar-refractivity contribution is 9.11. The minimum atomic E-state index is 0.303. The molecule has 0 amide bonds. The third-order valence-corrected chi connectivity index (χ3v) is 4.74. The van der Waals surface area contributed by atoms with Crippen LogP contribution in [0, 0.1) is 0 Å².